The molecule has 0 bridgehead atoms. The van der Waals surface area contributed by atoms with E-state index in [2.05, 4.69) is 15.9 Å². The quantitative estimate of drug-likeness (QED) is 0.927. The molecule has 2 fully saturated rings. The summed E-state index contributed by atoms with van der Waals surface area (Å²) in [4.78, 5) is 0.414. The molecule has 0 aliphatic heterocycles. The summed E-state index contributed by atoms with van der Waals surface area (Å²) >= 11 is 3.39. The molecule has 5 heteroatoms. The molecule has 0 unspecified atom stereocenters. The van der Waals surface area contributed by atoms with Gasteiger partial charge < -0.3 is 5.73 Å². The standard InChI is InChI=1S/C13H16BrNO2S/c14-11-8-9(13(15)6-1-7-13)2-5-12(11)18(16,17)10-3-4-10/h2,5,8,10H,1,3-4,6-7,15H2. The maximum Gasteiger partial charge on any atom is 0.182 e. The number of nitrogens with two attached hydrogens (primary N) is 1. The molecule has 2 N–H and O–H groups in total. The maximum atomic E-state index is 12.2. The van der Waals surface area contributed by atoms with Crippen LogP contribution in [0, 0.1) is 0 Å². The van der Waals surface area contributed by atoms with Gasteiger partial charge in [-0.2, -0.15) is 0 Å². The zero-order valence-corrected chi connectivity index (χ0v) is 12.4. The van der Waals surface area contributed by atoms with E-state index in [-0.39, 0.29) is 10.8 Å². The van der Waals surface area contributed by atoms with E-state index in [9.17, 15) is 8.42 Å². The van der Waals surface area contributed by atoms with E-state index in [1.54, 1.807) is 6.07 Å². The Kier molecular flexibility index (Phi) is 2.84. The minimum atomic E-state index is -3.14. The lowest BCUT2D eigenvalue weighted by Gasteiger charge is -2.38. The summed E-state index contributed by atoms with van der Waals surface area (Å²) in [5.74, 6) is 0. The molecule has 0 saturated heterocycles. The molecule has 1 aromatic rings. The first-order valence-electron chi connectivity index (χ1n) is 6.26. The van der Waals surface area contributed by atoms with Crippen molar-refractivity contribution in [2.45, 2.75) is 47.8 Å². The van der Waals surface area contributed by atoms with Crippen LogP contribution in [0.2, 0.25) is 0 Å². The number of rotatable bonds is 3. The molecule has 0 aromatic heterocycles. The summed E-state index contributed by atoms with van der Waals surface area (Å²) in [6.07, 6.45) is 4.69. The minimum Gasteiger partial charge on any atom is -0.321 e. The van der Waals surface area contributed by atoms with Crippen molar-refractivity contribution in [3.8, 4) is 0 Å². The molecular weight excluding hydrogens is 314 g/mol. The molecule has 2 saturated carbocycles. The van der Waals surface area contributed by atoms with Gasteiger partial charge in [0.2, 0.25) is 0 Å². The van der Waals surface area contributed by atoms with Crippen molar-refractivity contribution in [3.63, 3.8) is 0 Å². The van der Waals surface area contributed by atoms with Crippen LogP contribution in [-0.4, -0.2) is 13.7 Å². The highest BCUT2D eigenvalue weighted by Gasteiger charge is 2.39. The first kappa shape index (κ1) is 12.6. The normalized spacial score (nSPS) is 22.6. The van der Waals surface area contributed by atoms with Crippen LogP contribution in [0.25, 0.3) is 0 Å². The van der Waals surface area contributed by atoms with Crippen LogP contribution >= 0.6 is 15.9 Å². The summed E-state index contributed by atoms with van der Waals surface area (Å²) in [7, 11) is -3.14. The van der Waals surface area contributed by atoms with Gasteiger partial charge >= 0.3 is 0 Å². The van der Waals surface area contributed by atoms with E-state index in [1.807, 2.05) is 12.1 Å². The molecule has 3 nitrogen and oxygen atoms in total. The highest BCUT2D eigenvalue weighted by Crippen LogP contribution is 2.42. The Labute approximate surface area is 116 Å². The summed E-state index contributed by atoms with van der Waals surface area (Å²) in [5, 5.41) is -0.171. The summed E-state index contributed by atoms with van der Waals surface area (Å²) in [5.41, 5.74) is 7.05. The summed E-state index contributed by atoms with van der Waals surface area (Å²) < 4.78 is 25.1. The van der Waals surface area contributed by atoms with Gasteiger partial charge in [0.25, 0.3) is 0 Å². The van der Waals surface area contributed by atoms with E-state index in [0.717, 1.165) is 37.7 Å². The Morgan fingerprint density at radius 1 is 1.28 bits per heavy atom. The topological polar surface area (TPSA) is 60.2 Å². The van der Waals surface area contributed by atoms with E-state index in [1.165, 1.54) is 0 Å². The van der Waals surface area contributed by atoms with Crippen molar-refractivity contribution in [1.82, 2.24) is 0 Å². The second-order valence-electron chi connectivity index (χ2n) is 5.40. The molecule has 0 atom stereocenters. The van der Waals surface area contributed by atoms with Gasteiger partial charge in [0, 0.05) is 10.0 Å². The maximum absolute atomic E-state index is 12.2. The van der Waals surface area contributed by atoms with Crippen molar-refractivity contribution in [2.24, 2.45) is 5.73 Å². The molecule has 0 amide bonds. The van der Waals surface area contributed by atoms with Crippen LogP contribution < -0.4 is 5.73 Å². The Morgan fingerprint density at radius 3 is 2.39 bits per heavy atom. The van der Waals surface area contributed by atoms with Gasteiger partial charge in [0.1, 0.15) is 0 Å². The fourth-order valence-corrected chi connectivity index (χ4v) is 5.21. The number of benzene rings is 1. The Hall–Kier alpha value is -0.390. The fourth-order valence-electron chi connectivity index (χ4n) is 2.45. The average Bonchev–Trinajstić information content (AvgIpc) is 3.09. The molecule has 0 spiro atoms. The minimum absolute atomic E-state index is 0.171. The Bertz CT molecular complexity index is 589. The number of halogens is 1. The van der Waals surface area contributed by atoms with Crippen LogP contribution in [-0.2, 0) is 15.4 Å². The first-order chi connectivity index (χ1) is 8.43. The van der Waals surface area contributed by atoms with Crippen molar-refractivity contribution in [2.75, 3.05) is 0 Å². The van der Waals surface area contributed by atoms with Crippen LogP contribution in [0.4, 0.5) is 0 Å². The SMILES string of the molecule is NC1(c2ccc(S(=O)(=O)C3CC3)c(Br)c2)CCC1. The number of hydrogen-bond acceptors (Lipinski definition) is 3. The van der Waals surface area contributed by atoms with E-state index in [0.29, 0.717) is 9.37 Å². The average molecular weight is 330 g/mol. The second-order valence-corrected chi connectivity index (χ2v) is 8.45. The van der Waals surface area contributed by atoms with Crippen LogP contribution in [0.1, 0.15) is 37.7 Å². The van der Waals surface area contributed by atoms with Crippen LogP contribution in [0.5, 0.6) is 0 Å². The molecule has 0 radical (unpaired) electrons. The van der Waals surface area contributed by atoms with Gasteiger partial charge in [0.05, 0.1) is 10.1 Å². The molecule has 98 valence electrons. The van der Waals surface area contributed by atoms with Gasteiger partial charge in [-0.25, -0.2) is 8.42 Å². The van der Waals surface area contributed by atoms with Crippen molar-refractivity contribution >= 4 is 25.8 Å². The predicted octanol–water partition coefficient (Wildman–Crippen LogP) is 2.72. The number of sulfone groups is 1. The smallest absolute Gasteiger partial charge is 0.182 e. The van der Waals surface area contributed by atoms with Gasteiger partial charge in [0.15, 0.2) is 9.84 Å². The number of hydrogen-bond donors (Lipinski definition) is 1. The summed E-state index contributed by atoms with van der Waals surface area (Å²) in [6, 6.07) is 5.47. The van der Waals surface area contributed by atoms with Crippen LogP contribution in [0.15, 0.2) is 27.6 Å². The second kappa shape index (κ2) is 4.05. The van der Waals surface area contributed by atoms with Gasteiger partial charge in [-0.3, -0.25) is 0 Å². The monoisotopic (exact) mass is 329 g/mol. The Balaban J connectivity index is 1.99. The third kappa shape index (κ3) is 1.92. The van der Waals surface area contributed by atoms with Crippen molar-refractivity contribution in [1.29, 1.82) is 0 Å². The molecule has 18 heavy (non-hydrogen) atoms. The van der Waals surface area contributed by atoms with Gasteiger partial charge in [-0.05, 0) is 65.7 Å². The molecule has 2 aliphatic carbocycles. The van der Waals surface area contributed by atoms with Crippen molar-refractivity contribution < 1.29 is 8.42 Å². The molecule has 0 heterocycles. The highest BCUT2D eigenvalue weighted by atomic mass is 79.9. The largest absolute Gasteiger partial charge is 0.321 e. The fraction of sp³-hybridized carbons (Fsp3) is 0.538. The first-order valence-corrected chi connectivity index (χ1v) is 8.60. The van der Waals surface area contributed by atoms with E-state index >= 15 is 0 Å². The summed E-state index contributed by atoms with van der Waals surface area (Å²) in [6.45, 7) is 0. The van der Waals surface area contributed by atoms with E-state index in [4.69, 9.17) is 5.73 Å². The lowest BCUT2D eigenvalue weighted by molar-refractivity contribution is 0.253. The molecule has 2 aliphatic rings. The third-order valence-corrected chi connectivity index (χ3v) is 7.26. The van der Waals surface area contributed by atoms with Gasteiger partial charge in [-0.1, -0.05) is 6.07 Å². The lowest BCUT2D eigenvalue weighted by atomic mass is 9.73. The predicted molar refractivity (Wildman–Crippen MR) is 74.1 cm³/mol. The van der Waals surface area contributed by atoms with Gasteiger partial charge in [-0.15, -0.1) is 0 Å². The van der Waals surface area contributed by atoms with Crippen LogP contribution in [0.3, 0.4) is 0 Å². The third-order valence-electron chi connectivity index (χ3n) is 4.02. The molecule has 1 aromatic carbocycles. The zero-order chi connectivity index (χ0) is 13.0. The van der Waals surface area contributed by atoms with Crippen molar-refractivity contribution in [3.05, 3.63) is 28.2 Å². The van der Waals surface area contributed by atoms with E-state index < -0.39 is 9.84 Å². The highest BCUT2D eigenvalue weighted by molar-refractivity contribution is 9.10. The zero-order valence-electron chi connectivity index (χ0n) is 10.0. The lowest BCUT2D eigenvalue weighted by Crippen LogP contribution is -2.43. The molecular formula is C13H16BrNO2S. The molecule has 3 rings (SSSR count). The Morgan fingerprint density at radius 2 is 1.94 bits per heavy atom.